The third-order valence-corrected chi connectivity index (χ3v) is 3.36. The second kappa shape index (κ2) is 8.98. The molecule has 0 aliphatic rings. The van der Waals surface area contributed by atoms with Crippen LogP contribution < -0.4 is 15.8 Å². The molecule has 114 valence electrons. The van der Waals surface area contributed by atoms with Gasteiger partial charge in [-0.05, 0) is 24.5 Å². The normalized spacial score (nSPS) is 13.0. The van der Waals surface area contributed by atoms with E-state index in [0.717, 1.165) is 6.42 Å². The van der Waals surface area contributed by atoms with Crippen molar-refractivity contribution in [1.82, 2.24) is 0 Å². The van der Waals surface area contributed by atoms with E-state index in [9.17, 15) is 4.79 Å². The number of nitrogens with one attached hydrogen (secondary N) is 1. The highest BCUT2D eigenvalue weighted by Gasteiger charge is 2.19. The average Bonchev–Trinajstić information content (AvgIpc) is 2.50. The number of rotatable bonds is 8. The van der Waals surface area contributed by atoms with Crippen LogP contribution in [0.2, 0.25) is 0 Å². The number of hydrogen-bond donors (Lipinski definition) is 2. The van der Waals surface area contributed by atoms with Crippen molar-refractivity contribution in [3.05, 3.63) is 24.3 Å². The van der Waals surface area contributed by atoms with Crippen LogP contribution >= 0.6 is 0 Å². The SMILES string of the molecule is CCC(C)[C@H](N)C(=O)Nc1cccc(OCCCC#N)c1. The summed E-state index contributed by atoms with van der Waals surface area (Å²) in [5, 5.41) is 11.3. The predicted molar refractivity (Wildman–Crippen MR) is 82.8 cm³/mol. The van der Waals surface area contributed by atoms with Gasteiger partial charge in [0.2, 0.25) is 5.91 Å². The van der Waals surface area contributed by atoms with Crippen LogP contribution in [-0.2, 0) is 4.79 Å². The molecule has 0 bridgehead atoms. The predicted octanol–water partition coefficient (Wildman–Crippen LogP) is 2.68. The first-order valence-electron chi connectivity index (χ1n) is 7.24. The van der Waals surface area contributed by atoms with Gasteiger partial charge in [0, 0.05) is 18.2 Å². The molecule has 0 spiro atoms. The number of carbonyl (C=O) groups excluding carboxylic acids is 1. The monoisotopic (exact) mass is 289 g/mol. The van der Waals surface area contributed by atoms with Crippen molar-refractivity contribution in [1.29, 1.82) is 5.26 Å². The van der Waals surface area contributed by atoms with E-state index in [4.69, 9.17) is 15.7 Å². The minimum absolute atomic E-state index is 0.135. The van der Waals surface area contributed by atoms with Gasteiger partial charge in [-0.25, -0.2) is 0 Å². The van der Waals surface area contributed by atoms with Gasteiger partial charge in [0.1, 0.15) is 5.75 Å². The second-order valence-electron chi connectivity index (χ2n) is 5.04. The average molecular weight is 289 g/mol. The van der Waals surface area contributed by atoms with Gasteiger partial charge in [-0.3, -0.25) is 4.79 Å². The molecule has 0 fully saturated rings. The summed E-state index contributed by atoms with van der Waals surface area (Å²) < 4.78 is 5.53. The molecule has 1 rings (SSSR count). The van der Waals surface area contributed by atoms with Gasteiger partial charge in [-0.15, -0.1) is 0 Å². The Morgan fingerprint density at radius 1 is 1.52 bits per heavy atom. The number of carbonyl (C=O) groups is 1. The van der Waals surface area contributed by atoms with Crippen LogP contribution in [0.4, 0.5) is 5.69 Å². The number of nitriles is 1. The molecule has 21 heavy (non-hydrogen) atoms. The molecule has 0 aliphatic heterocycles. The highest BCUT2D eigenvalue weighted by Crippen LogP contribution is 2.18. The van der Waals surface area contributed by atoms with E-state index >= 15 is 0 Å². The Bertz CT molecular complexity index is 497. The number of unbranched alkanes of at least 4 members (excludes halogenated alkanes) is 1. The Labute approximate surface area is 126 Å². The van der Waals surface area contributed by atoms with Gasteiger partial charge in [-0.1, -0.05) is 26.3 Å². The molecule has 1 amide bonds. The molecule has 5 nitrogen and oxygen atoms in total. The van der Waals surface area contributed by atoms with E-state index in [0.29, 0.717) is 30.9 Å². The first kappa shape index (κ1) is 17.0. The summed E-state index contributed by atoms with van der Waals surface area (Å²) in [5.41, 5.74) is 6.56. The molecule has 1 unspecified atom stereocenters. The standard InChI is InChI=1S/C16H23N3O2/c1-3-12(2)15(18)16(20)19-13-7-6-8-14(11-13)21-10-5-4-9-17/h6-8,11-12,15H,3-5,10,18H2,1-2H3,(H,19,20)/t12?,15-/m0/s1. The van der Waals surface area contributed by atoms with Crippen molar-refractivity contribution in [2.45, 2.75) is 39.2 Å². The minimum atomic E-state index is -0.518. The smallest absolute Gasteiger partial charge is 0.241 e. The minimum Gasteiger partial charge on any atom is -0.493 e. The fraction of sp³-hybridized carbons (Fsp3) is 0.500. The Hall–Kier alpha value is -2.06. The van der Waals surface area contributed by atoms with Gasteiger partial charge in [0.05, 0.1) is 18.7 Å². The number of nitrogens with two attached hydrogens (primary N) is 1. The lowest BCUT2D eigenvalue weighted by Crippen LogP contribution is -2.40. The van der Waals surface area contributed by atoms with Crippen LogP contribution in [0.3, 0.4) is 0 Å². The van der Waals surface area contributed by atoms with Crippen molar-refractivity contribution in [2.75, 3.05) is 11.9 Å². The third kappa shape index (κ3) is 5.84. The van der Waals surface area contributed by atoms with Crippen molar-refractivity contribution in [3.63, 3.8) is 0 Å². The summed E-state index contributed by atoms with van der Waals surface area (Å²) in [7, 11) is 0. The summed E-state index contributed by atoms with van der Waals surface area (Å²) in [4.78, 5) is 12.0. The van der Waals surface area contributed by atoms with Crippen molar-refractivity contribution in [2.24, 2.45) is 11.7 Å². The molecule has 0 saturated carbocycles. The molecule has 2 atom stereocenters. The second-order valence-corrected chi connectivity index (χ2v) is 5.04. The van der Waals surface area contributed by atoms with Crippen molar-refractivity contribution in [3.8, 4) is 11.8 Å². The Morgan fingerprint density at radius 3 is 2.95 bits per heavy atom. The zero-order valence-electron chi connectivity index (χ0n) is 12.6. The first-order valence-corrected chi connectivity index (χ1v) is 7.24. The Morgan fingerprint density at radius 2 is 2.29 bits per heavy atom. The van der Waals surface area contributed by atoms with Crippen LogP contribution in [-0.4, -0.2) is 18.6 Å². The van der Waals surface area contributed by atoms with Crippen LogP contribution in [0.15, 0.2) is 24.3 Å². The van der Waals surface area contributed by atoms with Gasteiger partial charge < -0.3 is 15.8 Å². The highest BCUT2D eigenvalue weighted by molar-refractivity contribution is 5.95. The fourth-order valence-electron chi connectivity index (χ4n) is 1.74. The van der Waals surface area contributed by atoms with Crippen molar-refractivity contribution < 1.29 is 9.53 Å². The molecule has 0 heterocycles. The van der Waals surface area contributed by atoms with Crippen molar-refractivity contribution >= 4 is 11.6 Å². The molecule has 0 aliphatic carbocycles. The van der Waals surface area contributed by atoms with E-state index in [1.54, 1.807) is 12.1 Å². The quantitative estimate of drug-likeness (QED) is 0.720. The van der Waals surface area contributed by atoms with Gasteiger partial charge in [0.25, 0.3) is 0 Å². The zero-order valence-corrected chi connectivity index (χ0v) is 12.6. The fourth-order valence-corrected chi connectivity index (χ4v) is 1.74. The molecule has 5 heteroatoms. The summed E-state index contributed by atoms with van der Waals surface area (Å²) >= 11 is 0. The molecule has 0 radical (unpaired) electrons. The largest absolute Gasteiger partial charge is 0.493 e. The third-order valence-electron chi connectivity index (χ3n) is 3.36. The van der Waals surface area contributed by atoms with E-state index in [1.807, 2.05) is 26.0 Å². The number of benzene rings is 1. The van der Waals surface area contributed by atoms with E-state index in [1.165, 1.54) is 0 Å². The molecule has 1 aromatic carbocycles. The maximum Gasteiger partial charge on any atom is 0.241 e. The number of anilines is 1. The highest BCUT2D eigenvalue weighted by atomic mass is 16.5. The lowest BCUT2D eigenvalue weighted by atomic mass is 9.99. The summed E-state index contributed by atoms with van der Waals surface area (Å²) in [6, 6.07) is 8.73. The molecular formula is C16H23N3O2. The van der Waals surface area contributed by atoms with E-state index < -0.39 is 6.04 Å². The maximum atomic E-state index is 12.0. The summed E-state index contributed by atoms with van der Waals surface area (Å²) in [6.45, 7) is 4.45. The van der Waals surface area contributed by atoms with Gasteiger partial charge >= 0.3 is 0 Å². The zero-order chi connectivity index (χ0) is 15.7. The van der Waals surface area contributed by atoms with E-state index in [2.05, 4.69) is 11.4 Å². The van der Waals surface area contributed by atoms with Gasteiger partial charge in [0.15, 0.2) is 0 Å². The Kier molecular flexibility index (Phi) is 7.27. The molecule has 0 aromatic heterocycles. The van der Waals surface area contributed by atoms with Gasteiger partial charge in [-0.2, -0.15) is 5.26 Å². The van der Waals surface area contributed by atoms with Crippen LogP contribution in [0.5, 0.6) is 5.75 Å². The number of nitrogens with zero attached hydrogens (tertiary/aromatic N) is 1. The van der Waals surface area contributed by atoms with Crippen LogP contribution in [0.1, 0.15) is 33.1 Å². The van der Waals surface area contributed by atoms with Crippen LogP contribution in [0, 0.1) is 17.2 Å². The molecule has 1 aromatic rings. The number of hydrogen-bond acceptors (Lipinski definition) is 4. The molecule has 0 saturated heterocycles. The number of ether oxygens (including phenoxy) is 1. The Balaban J connectivity index is 2.56. The molecular weight excluding hydrogens is 266 g/mol. The lowest BCUT2D eigenvalue weighted by molar-refractivity contribution is -0.118. The van der Waals surface area contributed by atoms with Crippen LogP contribution in [0.25, 0.3) is 0 Å². The first-order chi connectivity index (χ1) is 10.1. The topological polar surface area (TPSA) is 88.1 Å². The lowest BCUT2D eigenvalue weighted by Gasteiger charge is -2.18. The summed E-state index contributed by atoms with van der Waals surface area (Å²) in [6.07, 6.45) is 2.02. The number of amides is 1. The van der Waals surface area contributed by atoms with E-state index in [-0.39, 0.29) is 11.8 Å². The molecule has 3 N–H and O–H groups in total. The maximum absolute atomic E-state index is 12.0. The summed E-state index contributed by atoms with van der Waals surface area (Å²) in [5.74, 6) is 0.615.